The predicted molar refractivity (Wildman–Crippen MR) is 95.6 cm³/mol. The van der Waals surface area contributed by atoms with Gasteiger partial charge >= 0.3 is 6.09 Å². The lowest BCUT2D eigenvalue weighted by Gasteiger charge is -2.36. The molecule has 0 aliphatic carbocycles. The molecule has 0 radical (unpaired) electrons. The molecule has 9 heteroatoms. The largest absolute Gasteiger partial charge is 0.447 e. The zero-order chi connectivity index (χ0) is 18.4. The number of ether oxygens (including phenoxy) is 1. The number of benzene rings is 1. The maximum atomic E-state index is 13.0. The van der Waals surface area contributed by atoms with E-state index in [0.717, 1.165) is 0 Å². The monoisotopic (exact) mass is 406 g/mol. The number of halogens is 2. The average molecular weight is 407 g/mol. The molecule has 1 aromatic carbocycles. The van der Waals surface area contributed by atoms with Crippen molar-refractivity contribution in [3.63, 3.8) is 0 Å². The Morgan fingerprint density at radius 3 is 2.36 bits per heavy atom. The number of rotatable bonds is 3. The Balaban J connectivity index is 1.77. The van der Waals surface area contributed by atoms with E-state index in [0.29, 0.717) is 43.1 Å². The molecular formula is C16H20Cl2N2O4S. The van der Waals surface area contributed by atoms with Gasteiger partial charge in [-0.15, -0.1) is 0 Å². The molecule has 6 nitrogen and oxygen atoms in total. The van der Waals surface area contributed by atoms with E-state index in [-0.39, 0.29) is 28.1 Å². The highest BCUT2D eigenvalue weighted by atomic mass is 35.5. The van der Waals surface area contributed by atoms with Gasteiger partial charge in [0.1, 0.15) is 11.5 Å². The summed E-state index contributed by atoms with van der Waals surface area (Å²) in [7, 11) is -3.71. The number of amides is 1. The molecule has 2 aliphatic heterocycles. The Morgan fingerprint density at radius 1 is 1.20 bits per heavy atom. The zero-order valence-electron chi connectivity index (χ0n) is 14.0. The fourth-order valence-corrected chi connectivity index (χ4v) is 6.15. The van der Waals surface area contributed by atoms with Crippen molar-refractivity contribution < 1.29 is 17.9 Å². The van der Waals surface area contributed by atoms with Crippen LogP contribution in [0.5, 0.6) is 0 Å². The highest BCUT2D eigenvalue weighted by molar-refractivity contribution is 7.89. The second kappa shape index (κ2) is 6.95. The third-order valence-electron chi connectivity index (χ3n) is 4.74. The van der Waals surface area contributed by atoms with Crippen molar-refractivity contribution in [1.29, 1.82) is 0 Å². The van der Waals surface area contributed by atoms with Gasteiger partial charge in [-0.3, -0.25) is 4.90 Å². The molecule has 0 aromatic heterocycles. The Kier molecular flexibility index (Phi) is 5.21. The van der Waals surface area contributed by atoms with Crippen molar-refractivity contribution in [2.75, 3.05) is 19.7 Å². The maximum Gasteiger partial charge on any atom is 0.410 e. The van der Waals surface area contributed by atoms with Crippen LogP contribution < -0.4 is 0 Å². The van der Waals surface area contributed by atoms with Gasteiger partial charge < -0.3 is 4.74 Å². The fourth-order valence-electron chi connectivity index (χ4n) is 3.54. The van der Waals surface area contributed by atoms with E-state index in [9.17, 15) is 13.2 Å². The minimum atomic E-state index is -3.71. The van der Waals surface area contributed by atoms with Gasteiger partial charge in [0.05, 0.1) is 11.1 Å². The van der Waals surface area contributed by atoms with Crippen LogP contribution in [0.3, 0.4) is 0 Å². The highest BCUT2D eigenvalue weighted by Crippen LogP contribution is 2.33. The van der Waals surface area contributed by atoms with Crippen LogP contribution in [0.15, 0.2) is 17.0 Å². The van der Waals surface area contributed by atoms with Crippen molar-refractivity contribution >= 4 is 39.3 Å². The lowest BCUT2D eigenvalue weighted by atomic mass is 10.0. The van der Waals surface area contributed by atoms with Gasteiger partial charge in [-0.05, 0) is 44.4 Å². The average Bonchev–Trinajstić information content (AvgIpc) is 2.85. The van der Waals surface area contributed by atoms with Crippen LogP contribution in [0.1, 0.15) is 25.3 Å². The quantitative estimate of drug-likeness (QED) is 0.771. The molecule has 2 saturated heterocycles. The van der Waals surface area contributed by atoms with Crippen LogP contribution in [0.2, 0.25) is 10.0 Å². The second-order valence-electron chi connectivity index (χ2n) is 6.50. The van der Waals surface area contributed by atoms with E-state index in [1.54, 1.807) is 17.9 Å². The number of nitrogens with zero attached hydrogens (tertiary/aromatic N) is 2. The van der Waals surface area contributed by atoms with Crippen molar-refractivity contribution in [2.45, 2.75) is 43.7 Å². The van der Waals surface area contributed by atoms with E-state index in [4.69, 9.17) is 27.9 Å². The molecule has 1 unspecified atom stereocenters. The Bertz CT molecular complexity index is 768. The van der Waals surface area contributed by atoms with Crippen molar-refractivity contribution in [3.05, 3.63) is 27.7 Å². The molecule has 0 N–H and O–H groups in total. The number of piperidine rings is 1. The van der Waals surface area contributed by atoms with E-state index in [1.807, 2.05) is 6.92 Å². The lowest BCUT2D eigenvalue weighted by Crippen LogP contribution is -2.49. The molecule has 1 atom stereocenters. The molecule has 25 heavy (non-hydrogen) atoms. The van der Waals surface area contributed by atoms with Crippen LogP contribution in [-0.2, 0) is 14.8 Å². The van der Waals surface area contributed by atoms with E-state index < -0.39 is 10.0 Å². The first-order chi connectivity index (χ1) is 11.7. The third-order valence-corrected chi connectivity index (χ3v) is 7.47. The Labute approximate surface area is 157 Å². The van der Waals surface area contributed by atoms with Gasteiger partial charge in [-0.2, -0.15) is 4.31 Å². The molecule has 3 rings (SSSR count). The predicted octanol–water partition coefficient (Wildman–Crippen LogP) is 3.30. The number of hydrogen-bond donors (Lipinski definition) is 0. The number of aryl methyl sites for hydroxylation is 1. The smallest absolute Gasteiger partial charge is 0.410 e. The van der Waals surface area contributed by atoms with Crippen LogP contribution in [0.4, 0.5) is 4.79 Å². The summed E-state index contributed by atoms with van der Waals surface area (Å²) < 4.78 is 32.5. The summed E-state index contributed by atoms with van der Waals surface area (Å²) in [6.07, 6.45) is 0.830. The van der Waals surface area contributed by atoms with E-state index in [1.165, 1.54) is 10.4 Å². The Morgan fingerprint density at radius 2 is 1.84 bits per heavy atom. The summed E-state index contributed by atoms with van der Waals surface area (Å²) in [6, 6.07) is 3.05. The molecule has 0 spiro atoms. The van der Waals surface area contributed by atoms with Crippen molar-refractivity contribution in [2.24, 2.45) is 0 Å². The molecule has 138 valence electrons. The summed E-state index contributed by atoms with van der Waals surface area (Å²) in [5, 5.41) is 0.533. The molecule has 1 aromatic rings. The first-order valence-electron chi connectivity index (χ1n) is 8.12. The first kappa shape index (κ1) is 18.8. The van der Waals surface area contributed by atoms with Crippen LogP contribution in [-0.4, -0.2) is 55.5 Å². The van der Waals surface area contributed by atoms with Crippen LogP contribution >= 0.6 is 23.2 Å². The minimum Gasteiger partial charge on any atom is -0.447 e. The van der Waals surface area contributed by atoms with Gasteiger partial charge in [0.25, 0.3) is 0 Å². The Hall–Kier alpha value is -1.02. The molecule has 2 aliphatic rings. The SMILES string of the molecule is Cc1cc(Cl)cc(Cl)c1S(=O)(=O)N1CCC(N2C(=O)OCC2C)CC1. The number of sulfonamides is 1. The molecule has 0 saturated carbocycles. The lowest BCUT2D eigenvalue weighted by molar-refractivity contribution is 0.127. The van der Waals surface area contributed by atoms with Gasteiger partial charge in [0, 0.05) is 24.2 Å². The second-order valence-corrected chi connectivity index (χ2v) is 9.22. The maximum absolute atomic E-state index is 13.0. The van der Waals surface area contributed by atoms with E-state index >= 15 is 0 Å². The summed E-state index contributed by atoms with van der Waals surface area (Å²) in [6.45, 7) is 4.67. The molecule has 2 fully saturated rings. The molecule has 2 heterocycles. The number of cyclic esters (lactones) is 1. The van der Waals surface area contributed by atoms with Gasteiger partial charge in [-0.1, -0.05) is 23.2 Å². The number of carbonyl (C=O) groups is 1. The number of hydrogen-bond acceptors (Lipinski definition) is 4. The van der Waals surface area contributed by atoms with Crippen LogP contribution in [0.25, 0.3) is 0 Å². The standard InChI is InChI=1S/C16H20Cl2N2O4S/c1-10-7-12(17)8-14(18)15(10)25(22,23)19-5-3-13(4-6-19)20-11(2)9-24-16(20)21/h7-8,11,13H,3-6,9H2,1-2H3. The normalized spacial score (nSPS) is 23.1. The summed E-state index contributed by atoms with van der Waals surface area (Å²) in [4.78, 5) is 13.7. The van der Waals surface area contributed by atoms with Crippen molar-refractivity contribution in [3.8, 4) is 0 Å². The van der Waals surface area contributed by atoms with Crippen LogP contribution in [0, 0.1) is 6.92 Å². The fraction of sp³-hybridized carbons (Fsp3) is 0.562. The summed E-state index contributed by atoms with van der Waals surface area (Å²) >= 11 is 12.1. The van der Waals surface area contributed by atoms with E-state index in [2.05, 4.69) is 0 Å². The molecule has 1 amide bonds. The molecular weight excluding hydrogens is 387 g/mol. The topological polar surface area (TPSA) is 66.9 Å². The van der Waals surface area contributed by atoms with Gasteiger partial charge in [0.15, 0.2) is 0 Å². The number of carbonyl (C=O) groups excluding carboxylic acids is 1. The van der Waals surface area contributed by atoms with Gasteiger partial charge in [0.2, 0.25) is 10.0 Å². The first-order valence-corrected chi connectivity index (χ1v) is 10.3. The molecule has 0 bridgehead atoms. The third kappa shape index (κ3) is 3.47. The minimum absolute atomic E-state index is 0.00163. The van der Waals surface area contributed by atoms with Crippen molar-refractivity contribution in [1.82, 2.24) is 9.21 Å². The summed E-state index contributed by atoms with van der Waals surface area (Å²) in [5.74, 6) is 0. The highest BCUT2D eigenvalue weighted by Gasteiger charge is 2.39. The zero-order valence-corrected chi connectivity index (χ0v) is 16.4. The summed E-state index contributed by atoms with van der Waals surface area (Å²) in [5.41, 5.74) is 0.524. The van der Waals surface area contributed by atoms with Gasteiger partial charge in [-0.25, -0.2) is 13.2 Å².